The SMILES string of the molecule is C[C@@H](C1CCCCC1)[C@H](C)C(C)(C)COC(=O)C1CCC1. The van der Waals surface area contributed by atoms with E-state index in [9.17, 15) is 4.79 Å². The number of hydrogen-bond donors (Lipinski definition) is 0. The van der Waals surface area contributed by atoms with Crippen molar-refractivity contribution in [1.82, 2.24) is 0 Å². The van der Waals surface area contributed by atoms with Gasteiger partial charge in [0.05, 0.1) is 12.5 Å². The highest BCUT2D eigenvalue weighted by Gasteiger charge is 2.36. The summed E-state index contributed by atoms with van der Waals surface area (Å²) in [7, 11) is 0. The summed E-state index contributed by atoms with van der Waals surface area (Å²) in [6, 6.07) is 0. The average molecular weight is 294 g/mol. The van der Waals surface area contributed by atoms with Crippen molar-refractivity contribution in [1.29, 1.82) is 0 Å². The van der Waals surface area contributed by atoms with Crippen LogP contribution in [0.5, 0.6) is 0 Å². The van der Waals surface area contributed by atoms with E-state index in [0.717, 1.165) is 24.7 Å². The van der Waals surface area contributed by atoms with Crippen LogP contribution >= 0.6 is 0 Å². The first-order valence-corrected chi connectivity index (χ1v) is 9.08. The van der Waals surface area contributed by atoms with Gasteiger partial charge in [-0.2, -0.15) is 0 Å². The largest absolute Gasteiger partial charge is 0.465 e. The Hall–Kier alpha value is -0.530. The van der Waals surface area contributed by atoms with Crippen molar-refractivity contribution in [2.24, 2.45) is 29.1 Å². The fraction of sp³-hybridized carbons (Fsp3) is 0.947. The minimum atomic E-state index is 0.0480. The van der Waals surface area contributed by atoms with Crippen LogP contribution in [-0.4, -0.2) is 12.6 Å². The van der Waals surface area contributed by atoms with E-state index in [1.807, 2.05) is 0 Å². The number of esters is 1. The van der Waals surface area contributed by atoms with Crippen molar-refractivity contribution in [3.8, 4) is 0 Å². The summed E-state index contributed by atoms with van der Waals surface area (Å²) in [4.78, 5) is 11.9. The van der Waals surface area contributed by atoms with Crippen LogP contribution in [0.2, 0.25) is 0 Å². The van der Waals surface area contributed by atoms with E-state index in [-0.39, 0.29) is 17.3 Å². The smallest absolute Gasteiger partial charge is 0.308 e. The number of hydrogen-bond acceptors (Lipinski definition) is 2. The lowest BCUT2D eigenvalue weighted by Crippen LogP contribution is -2.37. The van der Waals surface area contributed by atoms with Gasteiger partial charge in [0.25, 0.3) is 0 Å². The molecule has 0 unspecified atom stereocenters. The van der Waals surface area contributed by atoms with Crippen molar-refractivity contribution in [3.05, 3.63) is 0 Å². The molecule has 0 aromatic heterocycles. The Bertz CT molecular complexity index is 337. The molecule has 2 rings (SSSR count). The number of carbonyl (C=O) groups excluding carboxylic acids is 1. The van der Waals surface area contributed by atoms with E-state index < -0.39 is 0 Å². The Morgan fingerprint density at radius 3 is 2.19 bits per heavy atom. The summed E-state index contributed by atoms with van der Waals surface area (Å²) >= 11 is 0. The van der Waals surface area contributed by atoms with Crippen LogP contribution in [0.3, 0.4) is 0 Å². The molecular formula is C19H34O2. The van der Waals surface area contributed by atoms with Gasteiger partial charge in [-0.3, -0.25) is 4.79 Å². The zero-order valence-corrected chi connectivity index (χ0v) is 14.5. The molecule has 0 radical (unpaired) electrons. The molecule has 0 bridgehead atoms. The molecule has 2 fully saturated rings. The van der Waals surface area contributed by atoms with Gasteiger partial charge in [0, 0.05) is 5.41 Å². The third-order valence-corrected chi connectivity index (χ3v) is 6.44. The quantitative estimate of drug-likeness (QED) is 0.629. The van der Waals surface area contributed by atoms with Gasteiger partial charge in [0.2, 0.25) is 0 Å². The highest BCUT2D eigenvalue weighted by atomic mass is 16.5. The van der Waals surface area contributed by atoms with Crippen molar-refractivity contribution in [3.63, 3.8) is 0 Å². The second-order valence-electron chi connectivity index (χ2n) is 8.27. The van der Waals surface area contributed by atoms with Crippen LogP contribution in [0.15, 0.2) is 0 Å². The lowest BCUT2D eigenvalue weighted by molar-refractivity contribution is -0.156. The summed E-state index contributed by atoms with van der Waals surface area (Å²) in [5.41, 5.74) is 0.0796. The van der Waals surface area contributed by atoms with Crippen LogP contribution in [0.1, 0.15) is 79.1 Å². The van der Waals surface area contributed by atoms with Gasteiger partial charge in [-0.05, 0) is 30.6 Å². The molecule has 0 aliphatic heterocycles. The fourth-order valence-electron chi connectivity index (χ4n) is 3.93. The lowest BCUT2D eigenvalue weighted by Gasteiger charge is -2.40. The molecule has 2 aliphatic rings. The van der Waals surface area contributed by atoms with Crippen molar-refractivity contribution < 1.29 is 9.53 Å². The van der Waals surface area contributed by atoms with Gasteiger partial charge in [-0.15, -0.1) is 0 Å². The van der Waals surface area contributed by atoms with Gasteiger partial charge in [-0.1, -0.05) is 66.2 Å². The van der Waals surface area contributed by atoms with Gasteiger partial charge in [0.15, 0.2) is 0 Å². The zero-order valence-electron chi connectivity index (χ0n) is 14.5. The minimum Gasteiger partial charge on any atom is -0.465 e. The maximum atomic E-state index is 11.9. The Balaban J connectivity index is 1.82. The van der Waals surface area contributed by atoms with Crippen LogP contribution in [0, 0.1) is 29.1 Å². The highest BCUT2D eigenvalue weighted by molar-refractivity contribution is 5.73. The molecule has 2 heteroatoms. The zero-order chi connectivity index (χ0) is 15.5. The summed E-state index contributed by atoms with van der Waals surface area (Å²) in [6.45, 7) is 9.89. The summed E-state index contributed by atoms with van der Waals surface area (Å²) in [5.74, 6) is 2.44. The first-order chi connectivity index (χ1) is 9.92. The molecule has 0 heterocycles. The Labute approximate surface area is 131 Å². The maximum absolute atomic E-state index is 11.9. The molecule has 21 heavy (non-hydrogen) atoms. The van der Waals surface area contributed by atoms with Crippen LogP contribution in [0.25, 0.3) is 0 Å². The van der Waals surface area contributed by atoms with E-state index in [2.05, 4.69) is 27.7 Å². The first-order valence-electron chi connectivity index (χ1n) is 9.08. The molecule has 2 saturated carbocycles. The van der Waals surface area contributed by atoms with E-state index in [0.29, 0.717) is 12.5 Å². The van der Waals surface area contributed by atoms with Gasteiger partial charge >= 0.3 is 5.97 Å². The Morgan fingerprint density at radius 1 is 1.05 bits per heavy atom. The van der Waals surface area contributed by atoms with Crippen LogP contribution in [-0.2, 0) is 9.53 Å². The highest BCUT2D eigenvalue weighted by Crippen LogP contribution is 2.41. The second-order valence-corrected chi connectivity index (χ2v) is 8.27. The van der Waals surface area contributed by atoms with Gasteiger partial charge in [-0.25, -0.2) is 0 Å². The van der Waals surface area contributed by atoms with E-state index in [1.54, 1.807) is 0 Å². The number of carbonyl (C=O) groups is 1. The number of rotatable bonds is 6. The Morgan fingerprint density at radius 2 is 1.67 bits per heavy atom. The van der Waals surface area contributed by atoms with E-state index in [1.165, 1.54) is 38.5 Å². The second kappa shape index (κ2) is 7.15. The molecule has 2 aliphatic carbocycles. The molecular weight excluding hydrogens is 260 g/mol. The van der Waals surface area contributed by atoms with E-state index >= 15 is 0 Å². The molecule has 0 aromatic rings. The van der Waals surface area contributed by atoms with Crippen LogP contribution < -0.4 is 0 Å². The third-order valence-electron chi connectivity index (χ3n) is 6.44. The Kier molecular flexibility index (Phi) is 5.73. The van der Waals surface area contributed by atoms with Crippen LogP contribution in [0.4, 0.5) is 0 Å². The monoisotopic (exact) mass is 294 g/mol. The summed E-state index contributed by atoms with van der Waals surface area (Å²) in [5, 5.41) is 0. The van der Waals surface area contributed by atoms with Crippen molar-refractivity contribution >= 4 is 5.97 Å². The van der Waals surface area contributed by atoms with Gasteiger partial charge in [0.1, 0.15) is 0 Å². The molecule has 0 spiro atoms. The predicted octanol–water partition coefficient (Wildman–Crippen LogP) is 5.21. The number of ether oxygens (including phenoxy) is 1. The molecule has 122 valence electrons. The van der Waals surface area contributed by atoms with Crippen molar-refractivity contribution in [2.75, 3.05) is 6.61 Å². The maximum Gasteiger partial charge on any atom is 0.308 e. The molecule has 0 saturated heterocycles. The molecule has 2 nitrogen and oxygen atoms in total. The van der Waals surface area contributed by atoms with Gasteiger partial charge < -0.3 is 4.74 Å². The molecule has 0 N–H and O–H groups in total. The summed E-state index contributed by atoms with van der Waals surface area (Å²) in [6.07, 6.45) is 10.3. The third kappa shape index (κ3) is 4.23. The van der Waals surface area contributed by atoms with E-state index in [4.69, 9.17) is 4.74 Å². The average Bonchev–Trinajstić information content (AvgIpc) is 2.43. The standard InChI is InChI=1S/C19H34O2/c1-14(16-9-6-5-7-10-16)15(2)19(3,4)13-21-18(20)17-11-8-12-17/h14-17H,5-13H2,1-4H3/t14-,15+/m1/s1. The lowest BCUT2D eigenvalue weighted by atomic mass is 9.67. The minimum absolute atomic E-state index is 0.0480. The first kappa shape index (κ1) is 16.8. The normalized spacial score (nSPS) is 24.2. The molecule has 0 aromatic carbocycles. The topological polar surface area (TPSA) is 26.3 Å². The molecule has 0 amide bonds. The fourth-order valence-corrected chi connectivity index (χ4v) is 3.93. The van der Waals surface area contributed by atoms with Crippen molar-refractivity contribution in [2.45, 2.75) is 79.1 Å². The summed E-state index contributed by atoms with van der Waals surface area (Å²) < 4.78 is 5.63. The molecule has 2 atom stereocenters. The predicted molar refractivity (Wildman–Crippen MR) is 87.0 cm³/mol.